The van der Waals surface area contributed by atoms with Crippen LogP contribution in [0.4, 0.5) is 0 Å². The summed E-state index contributed by atoms with van der Waals surface area (Å²) in [4.78, 5) is 23.7. The monoisotopic (exact) mass is 396 g/mol. The van der Waals surface area contributed by atoms with Gasteiger partial charge in [-0.15, -0.1) is 0 Å². The van der Waals surface area contributed by atoms with Gasteiger partial charge in [-0.3, -0.25) is 4.79 Å². The summed E-state index contributed by atoms with van der Waals surface area (Å²) in [7, 11) is 0. The Morgan fingerprint density at radius 1 is 1.31 bits per heavy atom. The zero-order valence-corrected chi connectivity index (χ0v) is 16.7. The third-order valence-corrected chi connectivity index (χ3v) is 6.02. The lowest BCUT2D eigenvalue weighted by Gasteiger charge is -2.32. The lowest BCUT2D eigenvalue weighted by atomic mass is 9.71. The highest BCUT2D eigenvalue weighted by Crippen LogP contribution is 2.57. The van der Waals surface area contributed by atoms with E-state index < -0.39 is 5.97 Å². The molecule has 0 saturated heterocycles. The van der Waals surface area contributed by atoms with Crippen LogP contribution in [0.25, 0.3) is 5.57 Å². The second-order valence-corrected chi connectivity index (χ2v) is 7.95. The summed E-state index contributed by atoms with van der Waals surface area (Å²) in [6.45, 7) is 5.45. The topological polar surface area (TPSA) is 52.6 Å². The van der Waals surface area contributed by atoms with Crippen LogP contribution in [-0.2, 0) is 20.7 Å². The first-order valence-corrected chi connectivity index (χ1v) is 9.61. The minimum atomic E-state index is -0.459. The van der Waals surface area contributed by atoms with E-state index in [1.165, 1.54) is 0 Å². The first-order valence-electron chi connectivity index (χ1n) is 8.86. The number of hydrogen-bond acceptors (Lipinski definition) is 4. The van der Waals surface area contributed by atoms with E-state index in [1.54, 1.807) is 19.9 Å². The van der Waals surface area contributed by atoms with Gasteiger partial charge in [-0.2, -0.15) is 0 Å². The highest BCUT2D eigenvalue weighted by Gasteiger charge is 2.44. The highest BCUT2D eigenvalue weighted by atomic mass is 35.5. The summed E-state index contributed by atoms with van der Waals surface area (Å²) >= 11 is 13.0. The second-order valence-electron chi connectivity index (χ2n) is 7.20. The van der Waals surface area contributed by atoms with E-state index in [-0.39, 0.29) is 28.9 Å². The number of halogens is 2. The van der Waals surface area contributed by atoms with Crippen molar-refractivity contribution >= 4 is 40.5 Å². The van der Waals surface area contributed by atoms with Gasteiger partial charge in [0.1, 0.15) is 10.8 Å². The predicted octanol–water partition coefficient (Wildman–Crippen LogP) is 5.02. The standard InChI is InChI=1S/C20H22Cl2O4/c1-4-20-6-5-13(23)8-14(20)17-12(9-20)7-15(18(21)19(17)22)25-10-16(24)26-11(2)3/h7-8,11H,4-6,9-10H2,1-3H3. The van der Waals surface area contributed by atoms with Gasteiger partial charge in [0.25, 0.3) is 0 Å². The van der Waals surface area contributed by atoms with Crippen molar-refractivity contribution in [3.8, 4) is 5.75 Å². The molecule has 0 bridgehead atoms. The van der Waals surface area contributed by atoms with Crippen molar-refractivity contribution < 1.29 is 19.1 Å². The lowest BCUT2D eigenvalue weighted by Crippen LogP contribution is -2.24. The molecule has 0 saturated carbocycles. The van der Waals surface area contributed by atoms with E-state index in [4.69, 9.17) is 32.7 Å². The molecule has 0 fully saturated rings. The molecule has 6 heteroatoms. The highest BCUT2D eigenvalue weighted by molar-refractivity contribution is 6.44. The summed E-state index contributed by atoms with van der Waals surface area (Å²) in [6.07, 6.45) is 4.60. The molecular weight excluding hydrogens is 375 g/mol. The zero-order chi connectivity index (χ0) is 19.1. The number of allylic oxidation sites excluding steroid dienone is 2. The fourth-order valence-corrected chi connectivity index (χ4v) is 4.40. The number of rotatable bonds is 5. The van der Waals surface area contributed by atoms with Gasteiger partial charge < -0.3 is 9.47 Å². The molecule has 1 aromatic carbocycles. The van der Waals surface area contributed by atoms with E-state index in [2.05, 4.69) is 6.92 Å². The van der Waals surface area contributed by atoms with Crippen LogP contribution in [0.3, 0.4) is 0 Å². The van der Waals surface area contributed by atoms with Gasteiger partial charge in [0.2, 0.25) is 0 Å². The van der Waals surface area contributed by atoms with E-state index in [1.807, 2.05) is 6.07 Å². The van der Waals surface area contributed by atoms with Crippen LogP contribution in [0, 0.1) is 5.41 Å². The number of benzene rings is 1. The molecule has 0 N–H and O–H groups in total. The van der Waals surface area contributed by atoms with Crippen molar-refractivity contribution in [1.82, 2.24) is 0 Å². The summed E-state index contributed by atoms with van der Waals surface area (Å²) in [5.74, 6) is 0.0357. The van der Waals surface area contributed by atoms with Gasteiger partial charge in [-0.25, -0.2) is 4.79 Å². The van der Waals surface area contributed by atoms with E-state index in [9.17, 15) is 9.59 Å². The first-order chi connectivity index (χ1) is 12.3. The van der Waals surface area contributed by atoms with Crippen molar-refractivity contribution in [3.63, 3.8) is 0 Å². The number of fused-ring (bicyclic) bond motifs is 3. The Morgan fingerprint density at radius 3 is 2.69 bits per heavy atom. The normalized spacial score (nSPS) is 21.3. The van der Waals surface area contributed by atoms with E-state index >= 15 is 0 Å². The van der Waals surface area contributed by atoms with Crippen LogP contribution >= 0.6 is 23.2 Å². The number of ether oxygens (including phenoxy) is 2. The molecule has 1 atom stereocenters. The van der Waals surface area contributed by atoms with Crippen LogP contribution in [0.15, 0.2) is 12.1 Å². The molecule has 0 heterocycles. The Balaban J connectivity index is 1.94. The SMILES string of the molecule is CCC12CCC(=O)C=C1c1c(cc(OCC(=O)OC(C)C)c(Cl)c1Cl)C2. The van der Waals surface area contributed by atoms with Crippen molar-refractivity contribution in [3.05, 3.63) is 33.3 Å². The first kappa shape index (κ1) is 19.2. The Bertz CT molecular complexity index is 797. The maximum absolute atomic E-state index is 12.0. The summed E-state index contributed by atoms with van der Waals surface area (Å²) in [5, 5.41) is 0.640. The van der Waals surface area contributed by atoms with Gasteiger partial charge >= 0.3 is 5.97 Å². The van der Waals surface area contributed by atoms with Gasteiger partial charge in [-0.1, -0.05) is 30.1 Å². The summed E-state index contributed by atoms with van der Waals surface area (Å²) < 4.78 is 10.6. The molecule has 0 amide bonds. The molecule has 26 heavy (non-hydrogen) atoms. The van der Waals surface area contributed by atoms with Gasteiger partial charge in [0, 0.05) is 17.4 Å². The van der Waals surface area contributed by atoms with E-state index in [0.717, 1.165) is 36.0 Å². The van der Waals surface area contributed by atoms with Crippen molar-refractivity contribution in [2.45, 2.75) is 52.6 Å². The van der Waals surface area contributed by atoms with Crippen LogP contribution in [0.2, 0.25) is 10.0 Å². The average molecular weight is 397 g/mol. The molecule has 2 aliphatic rings. The van der Waals surface area contributed by atoms with Gasteiger partial charge in [-0.05, 0) is 56.4 Å². The molecule has 0 radical (unpaired) electrons. The largest absolute Gasteiger partial charge is 0.480 e. The fraction of sp³-hybridized carbons (Fsp3) is 0.500. The van der Waals surface area contributed by atoms with E-state index in [0.29, 0.717) is 17.2 Å². The molecule has 1 unspecified atom stereocenters. The molecular formula is C20H22Cl2O4. The minimum Gasteiger partial charge on any atom is -0.480 e. The molecule has 1 aromatic rings. The van der Waals surface area contributed by atoms with Crippen molar-refractivity contribution in [2.24, 2.45) is 5.41 Å². The molecule has 0 spiro atoms. The molecule has 0 aliphatic heterocycles. The third kappa shape index (κ3) is 3.37. The molecule has 140 valence electrons. The smallest absolute Gasteiger partial charge is 0.344 e. The quantitative estimate of drug-likeness (QED) is 0.655. The van der Waals surface area contributed by atoms with Crippen molar-refractivity contribution in [1.29, 1.82) is 0 Å². The summed E-state index contributed by atoms with van der Waals surface area (Å²) in [5.41, 5.74) is 2.78. The maximum atomic E-state index is 12.0. The van der Waals surface area contributed by atoms with Gasteiger partial charge in [0.15, 0.2) is 12.4 Å². The number of esters is 1. The Labute approximate surface area is 163 Å². The van der Waals surface area contributed by atoms with Crippen LogP contribution in [-0.4, -0.2) is 24.5 Å². The van der Waals surface area contributed by atoms with Crippen molar-refractivity contribution in [2.75, 3.05) is 6.61 Å². The second kappa shape index (κ2) is 7.24. The Kier molecular flexibility index (Phi) is 5.36. The fourth-order valence-electron chi connectivity index (χ4n) is 3.88. The molecule has 0 aromatic heterocycles. The third-order valence-electron chi connectivity index (χ3n) is 5.17. The lowest BCUT2D eigenvalue weighted by molar-refractivity contribution is -0.149. The predicted molar refractivity (Wildman–Crippen MR) is 102 cm³/mol. The van der Waals surface area contributed by atoms with Crippen LogP contribution < -0.4 is 4.74 Å². The number of carbonyl (C=O) groups excluding carboxylic acids is 2. The number of ketones is 1. The minimum absolute atomic E-state index is 0.0710. The number of hydrogen-bond donors (Lipinski definition) is 0. The zero-order valence-electron chi connectivity index (χ0n) is 15.2. The summed E-state index contributed by atoms with van der Waals surface area (Å²) in [6, 6.07) is 1.84. The van der Waals surface area contributed by atoms with Gasteiger partial charge in [0.05, 0.1) is 11.1 Å². The number of carbonyl (C=O) groups is 2. The molecule has 2 aliphatic carbocycles. The molecule has 4 nitrogen and oxygen atoms in total. The van der Waals surface area contributed by atoms with Crippen LogP contribution in [0.1, 0.15) is 51.2 Å². The Morgan fingerprint density at radius 2 is 2.04 bits per heavy atom. The van der Waals surface area contributed by atoms with Crippen LogP contribution in [0.5, 0.6) is 5.75 Å². The maximum Gasteiger partial charge on any atom is 0.344 e. The molecule has 3 rings (SSSR count). The Hall–Kier alpha value is -1.52. The average Bonchev–Trinajstić information content (AvgIpc) is 2.90.